The molecule has 0 amide bonds. The Morgan fingerprint density at radius 3 is 2.50 bits per heavy atom. The summed E-state index contributed by atoms with van der Waals surface area (Å²) in [6, 6.07) is 10.3. The molecule has 3 heteroatoms. The molecule has 1 aliphatic carbocycles. The third-order valence-electron chi connectivity index (χ3n) is 4.46. The lowest BCUT2D eigenvalue weighted by Crippen LogP contribution is -2.14. The maximum Gasteiger partial charge on any atom is 0.306 e. The molecule has 0 fully saturated rings. The van der Waals surface area contributed by atoms with Crippen molar-refractivity contribution in [2.45, 2.75) is 44.9 Å². The van der Waals surface area contributed by atoms with E-state index in [-0.39, 0.29) is 5.92 Å². The van der Waals surface area contributed by atoms with Gasteiger partial charge in [0.2, 0.25) is 0 Å². The van der Waals surface area contributed by atoms with E-state index in [1.807, 2.05) is 36.3 Å². The molecule has 1 aliphatic rings. The van der Waals surface area contributed by atoms with Gasteiger partial charge < -0.3 is 5.11 Å². The summed E-state index contributed by atoms with van der Waals surface area (Å²) in [6.45, 7) is 0. The van der Waals surface area contributed by atoms with Gasteiger partial charge in [-0.1, -0.05) is 54.5 Å². The van der Waals surface area contributed by atoms with Gasteiger partial charge in [-0.05, 0) is 43.7 Å². The number of benzene rings is 1. The molecule has 0 saturated heterocycles. The lowest BCUT2D eigenvalue weighted by atomic mass is 9.91. The fraction of sp³-hybridized carbons (Fsp3) is 0.381. The van der Waals surface area contributed by atoms with Crippen LogP contribution in [-0.2, 0) is 16.0 Å². The van der Waals surface area contributed by atoms with Crippen LogP contribution in [0.4, 0.5) is 0 Å². The van der Waals surface area contributed by atoms with Crippen molar-refractivity contribution in [3.63, 3.8) is 0 Å². The second kappa shape index (κ2) is 9.69. The first kappa shape index (κ1) is 18.0. The van der Waals surface area contributed by atoms with E-state index in [4.69, 9.17) is 0 Å². The van der Waals surface area contributed by atoms with Gasteiger partial charge in [-0.25, -0.2) is 4.79 Å². The van der Waals surface area contributed by atoms with E-state index in [1.165, 1.54) is 5.56 Å². The number of unbranched alkanes of at least 4 members (excludes halogenated alkanes) is 1. The topological polar surface area (TPSA) is 54.4 Å². The molecule has 0 bridgehead atoms. The van der Waals surface area contributed by atoms with Crippen molar-refractivity contribution in [1.82, 2.24) is 0 Å². The van der Waals surface area contributed by atoms with Crippen molar-refractivity contribution < 1.29 is 14.7 Å². The molecule has 1 aromatic rings. The van der Waals surface area contributed by atoms with Crippen LogP contribution in [0.15, 0.2) is 59.7 Å². The summed E-state index contributed by atoms with van der Waals surface area (Å²) < 4.78 is 0. The number of aliphatic carboxylic acids is 1. The van der Waals surface area contributed by atoms with Crippen molar-refractivity contribution in [1.29, 1.82) is 0 Å². The second-order valence-electron chi connectivity index (χ2n) is 6.25. The number of carbonyl (C=O) groups is 1. The smallest absolute Gasteiger partial charge is 0.306 e. The van der Waals surface area contributed by atoms with Crippen LogP contribution < -0.4 is 0 Å². The standard InChI is InChI=1S/C21H24O3/c22-16-19-12-10-18(11-13-19)14-15-20(21(23)24)9-5-4-8-17-6-2-1-3-7-17/h1-3,6-7,10-12,20H,4-5,8-9,13-15H2,(H,23,24). The molecule has 2 rings (SSSR count). The third kappa shape index (κ3) is 6.02. The zero-order valence-corrected chi connectivity index (χ0v) is 13.9. The molecule has 1 N–H and O–H groups in total. The van der Waals surface area contributed by atoms with Crippen LogP contribution in [0.1, 0.15) is 44.1 Å². The summed E-state index contributed by atoms with van der Waals surface area (Å²) in [5.41, 5.74) is 3.07. The van der Waals surface area contributed by atoms with Gasteiger partial charge in [0.05, 0.1) is 5.92 Å². The summed E-state index contributed by atoms with van der Waals surface area (Å²) in [6.07, 6.45) is 11.3. The number of carboxylic acids is 1. The van der Waals surface area contributed by atoms with Gasteiger partial charge in [-0.2, -0.15) is 0 Å². The van der Waals surface area contributed by atoms with Gasteiger partial charge in [0.25, 0.3) is 0 Å². The molecule has 24 heavy (non-hydrogen) atoms. The minimum Gasteiger partial charge on any atom is -0.481 e. The molecular formula is C21H24O3. The van der Waals surface area contributed by atoms with Crippen molar-refractivity contribution in [3.05, 3.63) is 65.3 Å². The predicted octanol–water partition coefficient (Wildman–Crippen LogP) is 4.52. The first-order valence-electron chi connectivity index (χ1n) is 8.57. The predicted molar refractivity (Wildman–Crippen MR) is 95.4 cm³/mol. The number of rotatable bonds is 9. The Bertz CT molecular complexity index is 649. The summed E-state index contributed by atoms with van der Waals surface area (Å²) >= 11 is 0. The fourth-order valence-electron chi connectivity index (χ4n) is 2.94. The summed E-state index contributed by atoms with van der Waals surface area (Å²) in [5, 5.41) is 9.41. The van der Waals surface area contributed by atoms with Gasteiger partial charge in [0.15, 0.2) is 0 Å². The Kier molecular flexibility index (Phi) is 7.25. The van der Waals surface area contributed by atoms with Crippen LogP contribution in [0.2, 0.25) is 0 Å². The highest BCUT2D eigenvalue weighted by Crippen LogP contribution is 2.23. The zero-order valence-electron chi connectivity index (χ0n) is 13.9. The molecule has 3 nitrogen and oxygen atoms in total. The number of allylic oxidation sites excluding steroid dienone is 5. The molecule has 126 valence electrons. The number of hydrogen-bond acceptors (Lipinski definition) is 2. The summed E-state index contributed by atoms with van der Waals surface area (Å²) in [5.74, 6) is 0.898. The monoisotopic (exact) mass is 324 g/mol. The minimum absolute atomic E-state index is 0.293. The number of hydrogen-bond donors (Lipinski definition) is 1. The maximum absolute atomic E-state index is 11.4. The van der Waals surface area contributed by atoms with E-state index in [0.29, 0.717) is 18.4 Å². The minimum atomic E-state index is -0.705. The maximum atomic E-state index is 11.4. The van der Waals surface area contributed by atoms with E-state index in [0.717, 1.165) is 37.7 Å². The number of aryl methyl sites for hydroxylation is 1. The molecule has 1 unspecified atom stereocenters. The molecule has 0 aromatic heterocycles. The van der Waals surface area contributed by atoms with Crippen molar-refractivity contribution in [2.75, 3.05) is 0 Å². The highest BCUT2D eigenvalue weighted by atomic mass is 16.4. The van der Waals surface area contributed by atoms with E-state index >= 15 is 0 Å². The Morgan fingerprint density at radius 2 is 1.88 bits per heavy atom. The van der Waals surface area contributed by atoms with E-state index < -0.39 is 5.97 Å². The molecule has 0 radical (unpaired) electrons. The first-order chi connectivity index (χ1) is 11.7. The Balaban J connectivity index is 1.72. The quantitative estimate of drug-likeness (QED) is 0.536. The Morgan fingerprint density at radius 1 is 1.08 bits per heavy atom. The van der Waals surface area contributed by atoms with Crippen molar-refractivity contribution in [3.8, 4) is 0 Å². The largest absolute Gasteiger partial charge is 0.481 e. The first-order valence-corrected chi connectivity index (χ1v) is 8.57. The lowest BCUT2D eigenvalue weighted by Gasteiger charge is -2.14. The average Bonchev–Trinajstić information content (AvgIpc) is 2.62. The molecule has 0 aliphatic heterocycles. The van der Waals surface area contributed by atoms with E-state index in [2.05, 4.69) is 12.1 Å². The van der Waals surface area contributed by atoms with Gasteiger partial charge in [-0.3, -0.25) is 4.79 Å². The second-order valence-corrected chi connectivity index (χ2v) is 6.25. The fourth-order valence-corrected chi connectivity index (χ4v) is 2.94. The summed E-state index contributed by atoms with van der Waals surface area (Å²) in [4.78, 5) is 22.0. The van der Waals surface area contributed by atoms with Crippen LogP contribution >= 0.6 is 0 Å². The van der Waals surface area contributed by atoms with Crippen molar-refractivity contribution in [2.24, 2.45) is 5.92 Å². The van der Waals surface area contributed by atoms with Crippen LogP contribution in [0.3, 0.4) is 0 Å². The van der Waals surface area contributed by atoms with Crippen LogP contribution in [0, 0.1) is 5.92 Å². The molecule has 0 heterocycles. The highest BCUT2D eigenvalue weighted by molar-refractivity contribution is 5.70. The molecular weight excluding hydrogens is 300 g/mol. The highest BCUT2D eigenvalue weighted by Gasteiger charge is 2.17. The van der Waals surface area contributed by atoms with Crippen molar-refractivity contribution >= 4 is 11.9 Å². The van der Waals surface area contributed by atoms with Gasteiger partial charge in [-0.15, -0.1) is 0 Å². The lowest BCUT2D eigenvalue weighted by molar-refractivity contribution is -0.142. The zero-order chi connectivity index (χ0) is 17.2. The molecule has 0 saturated carbocycles. The van der Waals surface area contributed by atoms with Gasteiger partial charge >= 0.3 is 5.97 Å². The number of carboxylic acid groups (broad SMARTS) is 1. The SMILES string of the molecule is O=C=C1C=CC(CCC(CCCCc2ccccc2)C(=O)O)=CC1. The van der Waals surface area contributed by atoms with Crippen LogP contribution in [0.25, 0.3) is 0 Å². The van der Waals surface area contributed by atoms with Crippen LogP contribution in [-0.4, -0.2) is 17.0 Å². The normalized spacial score (nSPS) is 14.8. The van der Waals surface area contributed by atoms with Crippen LogP contribution in [0.5, 0.6) is 0 Å². The molecule has 1 atom stereocenters. The summed E-state index contributed by atoms with van der Waals surface area (Å²) in [7, 11) is 0. The molecule has 1 aromatic carbocycles. The number of carbonyl (C=O) groups excluding carboxylic acids is 1. The van der Waals surface area contributed by atoms with Gasteiger partial charge in [0.1, 0.15) is 5.94 Å². The molecule has 0 spiro atoms. The Labute approximate surface area is 143 Å². The van der Waals surface area contributed by atoms with E-state index in [9.17, 15) is 14.7 Å². The van der Waals surface area contributed by atoms with E-state index in [1.54, 1.807) is 6.08 Å². The average molecular weight is 324 g/mol. The third-order valence-corrected chi connectivity index (χ3v) is 4.46. The Hall–Kier alpha value is -2.38. The van der Waals surface area contributed by atoms with Gasteiger partial charge in [0, 0.05) is 12.0 Å².